The van der Waals surface area contributed by atoms with Crippen molar-refractivity contribution in [2.75, 3.05) is 13.6 Å². The van der Waals surface area contributed by atoms with E-state index in [1.165, 1.54) is 10.4 Å². The molecule has 1 heterocycles. The van der Waals surface area contributed by atoms with Crippen LogP contribution in [-0.4, -0.2) is 24.5 Å². The van der Waals surface area contributed by atoms with Gasteiger partial charge in [0.25, 0.3) is 0 Å². The molecular formula is C22H27IN4OS. The van der Waals surface area contributed by atoms with Crippen LogP contribution in [0.5, 0.6) is 5.75 Å². The van der Waals surface area contributed by atoms with Gasteiger partial charge in [0.2, 0.25) is 0 Å². The Morgan fingerprint density at radius 1 is 1.03 bits per heavy atom. The zero-order chi connectivity index (χ0) is 19.6. The molecule has 0 saturated carbocycles. The summed E-state index contributed by atoms with van der Waals surface area (Å²) in [7, 11) is 1.78. The third-order valence-corrected chi connectivity index (χ3v) is 5.13. The fourth-order valence-corrected chi connectivity index (χ4v) is 3.44. The van der Waals surface area contributed by atoms with Crippen LogP contribution < -0.4 is 15.4 Å². The standard InChI is InChI=1S/C22H26N4OS.HI/c1-17-14-25-21(28-17)12-13-24-22(23-2)26-15-18-8-10-20(11-9-18)27-16-19-6-4-3-5-7-19;/h3-11,14H,12-13,15-16H2,1-2H3,(H2,23,24,26);1H. The minimum atomic E-state index is 0. The fourth-order valence-electron chi connectivity index (χ4n) is 2.66. The Kier molecular flexibility index (Phi) is 9.93. The van der Waals surface area contributed by atoms with Crippen molar-refractivity contribution in [1.82, 2.24) is 15.6 Å². The van der Waals surface area contributed by atoms with Gasteiger partial charge in [-0.3, -0.25) is 4.99 Å². The van der Waals surface area contributed by atoms with Gasteiger partial charge in [0.1, 0.15) is 12.4 Å². The molecule has 2 aromatic carbocycles. The number of nitrogens with one attached hydrogen (secondary N) is 2. The van der Waals surface area contributed by atoms with Crippen LogP contribution in [0.1, 0.15) is 21.0 Å². The lowest BCUT2D eigenvalue weighted by Crippen LogP contribution is -2.37. The molecule has 2 N–H and O–H groups in total. The van der Waals surface area contributed by atoms with Crippen molar-refractivity contribution >= 4 is 41.3 Å². The van der Waals surface area contributed by atoms with Crippen molar-refractivity contribution in [3.05, 3.63) is 81.8 Å². The van der Waals surface area contributed by atoms with Crippen LogP contribution in [0.25, 0.3) is 0 Å². The Morgan fingerprint density at radius 3 is 2.45 bits per heavy atom. The Balaban J connectivity index is 0.00000300. The van der Waals surface area contributed by atoms with E-state index < -0.39 is 0 Å². The van der Waals surface area contributed by atoms with Crippen molar-refractivity contribution in [2.45, 2.75) is 26.5 Å². The zero-order valence-electron chi connectivity index (χ0n) is 16.7. The molecule has 29 heavy (non-hydrogen) atoms. The predicted molar refractivity (Wildman–Crippen MR) is 131 cm³/mol. The van der Waals surface area contributed by atoms with E-state index in [4.69, 9.17) is 4.74 Å². The molecule has 3 rings (SSSR count). The molecule has 0 bridgehead atoms. The van der Waals surface area contributed by atoms with Crippen molar-refractivity contribution in [3.63, 3.8) is 0 Å². The maximum Gasteiger partial charge on any atom is 0.191 e. The monoisotopic (exact) mass is 522 g/mol. The van der Waals surface area contributed by atoms with Crippen LogP contribution in [0, 0.1) is 6.92 Å². The third kappa shape index (κ3) is 8.02. The van der Waals surface area contributed by atoms with Crippen molar-refractivity contribution in [1.29, 1.82) is 0 Å². The first kappa shape index (κ1) is 23.2. The van der Waals surface area contributed by atoms with Gasteiger partial charge in [-0.15, -0.1) is 35.3 Å². The quantitative estimate of drug-likeness (QED) is 0.259. The number of ether oxygens (including phenoxy) is 1. The number of nitrogens with zero attached hydrogens (tertiary/aromatic N) is 2. The summed E-state index contributed by atoms with van der Waals surface area (Å²) < 4.78 is 5.83. The van der Waals surface area contributed by atoms with Gasteiger partial charge in [-0.2, -0.15) is 0 Å². The number of thiazole rings is 1. The summed E-state index contributed by atoms with van der Waals surface area (Å²) in [6.07, 6.45) is 2.81. The van der Waals surface area contributed by atoms with Crippen molar-refractivity contribution in [3.8, 4) is 5.75 Å². The molecule has 0 fully saturated rings. The van der Waals surface area contributed by atoms with Gasteiger partial charge in [-0.05, 0) is 30.2 Å². The van der Waals surface area contributed by atoms with Crippen LogP contribution >= 0.6 is 35.3 Å². The molecule has 0 atom stereocenters. The molecular weight excluding hydrogens is 495 g/mol. The molecule has 0 aliphatic heterocycles. The molecule has 3 aromatic rings. The third-order valence-electron chi connectivity index (χ3n) is 4.16. The number of aryl methyl sites for hydroxylation is 1. The van der Waals surface area contributed by atoms with Gasteiger partial charge in [0.15, 0.2) is 5.96 Å². The normalized spacial score (nSPS) is 10.9. The maximum atomic E-state index is 5.83. The summed E-state index contributed by atoms with van der Waals surface area (Å²) in [6, 6.07) is 18.3. The lowest BCUT2D eigenvalue weighted by molar-refractivity contribution is 0.306. The number of guanidine groups is 1. The molecule has 1 aromatic heterocycles. The minimum absolute atomic E-state index is 0. The molecule has 5 nitrogen and oxygen atoms in total. The van der Waals surface area contributed by atoms with Crippen LogP contribution in [0.4, 0.5) is 0 Å². The highest BCUT2D eigenvalue weighted by Gasteiger charge is 2.02. The number of hydrogen-bond acceptors (Lipinski definition) is 4. The summed E-state index contributed by atoms with van der Waals surface area (Å²) in [5.41, 5.74) is 2.33. The van der Waals surface area contributed by atoms with E-state index in [0.29, 0.717) is 13.2 Å². The first-order valence-electron chi connectivity index (χ1n) is 9.34. The molecule has 0 aliphatic carbocycles. The summed E-state index contributed by atoms with van der Waals surface area (Å²) in [6.45, 7) is 4.16. The second-order valence-electron chi connectivity index (χ2n) is 6.39. The number of benzene rings is 2. The second kappa shape index (κ2) is 12.4. The highest BCUT2D eigenvalue weighted by molar-refractivity contribution is 14.0. The Labute approximate surface area is 193 Å². The Hall–Kier alpha value is -2.13. The fraction of sp³-hybridized carbons (Fsp3) is 0.273. The largest absolute Gasteiger partial charge is 0.489 e. The van der Waals surface area contributed by atoms with Crippen LogP contribution in [0.3, 0.4) is 0 Å². The van der Waals surface area contributed by atoms with Crippen LogP contribution in [-0.2, 0) is 19.6 Å². The van der Waals surface area contributed by atoms with Crippen LogP contribution in [0.2, 0.25) is 0 Å². The molecule has 0 unspecified atom stereocenters. The smallest absolute Gasteiger partial charge is 0.191 e. The zero-order valence-corrected chi connectivity index (χ0v) is 19.9. The average molecular weight is 522 g/mol. The summed E-state index contributed by atoms with van der Waals surface area (Å²) in [5, 5.41) is 7.81. The summed E-state index contributed by atoms with van der Waals surface area (Å²) >= 11 is 1.74. The van der Waals surface area contributed by atoms with E-state index in [1.807, 2.05) is 36.5 Å². The van der Waals surface area contributed by atoms with Crippen LogP contribution in [0.15, 0.2) is 65.8 Å². The molecule has 0 saturated heterocycles. The predicted octanol–water partition coefficient (Wildman–Crippen LogP) is 4.56. The summed E-state index contributed by atoms with van der Waals surface area (Å²) in [4.78, 5) is 9.90. The van der Waals surface area contributed by atoms with Gasteiger partial charge >= 0.3 is 0 Å². The Morgan fingerprint density at radius 2 is 1.79 bits per heavy atom. The SMILES string of the molecule is CN=C(NCCc1ncc(C)s1)NCc1ccc(OCc2ccccc2)cc1.I. The summed E-state index contributed by atoms with van der Waals surface area (Å²) in [5.74, 6) is 1.66. The van der Waals surface area contributed by atoms with E-state index in [-0.39, 0.29) is 24.0 Å². The molecule has 154 valence electrons. The number of hydrogen-bond donors (Lipinski definition) is 2. The van der Waals surface area contributed by atoms with Gasteiger partial charge in [-0.1, -0.05) is 42.5 Å². The van der Waals surface area contributed by atoms with Gasteiger partial charge in [0, 0.05) is 37.6 Å². The second-order valence-corrected chi connectivity index (χ2v) is 7.70. The van der Waals surface area contributed by atoms with Gasteiger partial charge in [-0.25, -0.2) is 4.98 Å². The first-order chi connectivity index (χ1) is 13.7. The van der Waals surface area contributed by atoms with Gasteiger partial charge < -0.3 is 15.4 Å². The van der Waals surface area contributed by atoms with E-state index >= 15 is 0 Å². The number of rotatable bonds is 8. The molecule has 0 amide bonds. The maximum absolute atomic E-state index is 5.83. The van der Waals surface area contributed by atoms with Crippen molar-refractivity contribution in [2.24, 2.45) is 4.99 Å². The van der Waals surface area contributed by atoms with E-state index in [0.717, 1.165) is 35.2 Å². The minimum Gasteiger partial charge on any atom is -0.489 e. The van der Waals surface area contributed by atoms with E-state index in [9.17, 15) is 0 Å². The number of aromatic nitrogens is 1. The lowest BCUT2D eigenvalue weighted by atomic mass is 10.2. The van der Waals surface area contributed by atoms with E-state index in [2.05, 4.69) is 51.8 Å². The Bertz CT molecular complexity index is 881. The lowest BCUT2D eigenvalue weighted by Gasteiger charge is -2.12. The molecule has 7 heteroatoms. The average Bonchev–Trinajstić information content (AvgIpc) is 3.15. The molecule has 0 radical (unpaired) electrons. The highest BCUT2D eigenvalue weighted by Crippen LogP contribution is 2.14. The van der Waals surface area contributed by atoms with Gasteiger partial charge in [0.05, 0.1) is 5.01 Å². The topological polar surface area (TPSA) is 58.5 Å². The first-order valence-corrected chi connectivity index (χ1v) is 10.2. The van der Waals surface area contributed by atoms with E-state index in [1.54, 1.807) is 18.4 Å². The molecule has 0 aliphatic rings. The number of halogens is 1. The molecule has 0 spiro atoms. The van der Waals surface area contributed by atoms with Crippen molar-refractivity contribution < 1.29 is 4.74 Å². The number of aliphatic imine (C=N–C) groups is 1. The highest BCUT2D eigenvalue weighted by atomic mass is 127.